The van der Waals surface area contributed by atoms with Gasteiger partial charge < -0.3 is 9.88 Å². The molecule has 8 heteroatoms. The number of carbonyl (C=O) groups excluding carboxylic acids is 1. The molecule has 3 heterocycles. The van der Waals surface area contributed by atoms with Gasteiger partial charge in [0.15, 0.2) is 0 Å². The largest absolute Gasteiger partial charge is 0.347 e. The first-order chi connectivity index (χ1) is 17.0. The number of thiophene rings is 1. The zero-order chi connectivity index (χ0) is 24.4. The number of rotatable bonds is 7. The molecule has 35 heavy (non-hydrogen) atoms. The van der Waals surface area contributed by atoms with Gasteiger partial charge in [0.05, 0.1) is 28.5 Å². The van der Waals surface area contributed by atoms with Gasteiger partial charge in [-0.1, -0.05) is 59.6 Å². The minimum atomic E-state index is -0.108. The third kappa shape index (κ3) is 5.21. The van der Waals surface area contributed by atoms with E-state index in [-0.39, 0.29) is 5.91 Å². The third-order valence-electron chi connectivity index (χ3n) is 5.72. The fraction of sp³-hybridized carbons (Fsp3) is 0.111. The average Bonchev–Trinajstić information content (AvgIpc) is 3.60. The zero-order valence-corrected chi connectivity index (χ0v) is 21.9. The fourth-order valence-electron chi connectivity index (χ4n) is 3.93. The molecular weight excluding hydrogens is 517 g/mol. The summed E-state index contributed by atoms with van der Waals surface area (Å²) in [6.07, 6.45) is 0. The van der Waals surface area contributed by atoms with Crippen molar-refractivity contribution in [2.24, 2.45) is 0 Å². The van der Waals surface area contributed by atoms with Crippen molar-refractivity contribution in [2.45, 2.75) is 20.0 Å². The summed E-state index contributed by atoms with van der Waals surface area (Å²) in [5.41, 5.74) is 5.11. The Balaban J connectivity index is 1.53. The van der Waals surface area contributed by atoms with Gasteiger partial charge in [0, 0.05) is 33.1 Å². The summed E-state index contributed by atoms with van der Waals surface area (Å²) in [4.78, 5) is 19.2. The number of benzene rings is 2. The predicted molar refractivity (Wildman–Crippen MR) is 147 cm³/mol. The average molecular weight is 539 g/mol. The maximum absolute atomic E-state index is 13.2. The van der Waals surface area contributed by atoms with Crippen LogP contribution in [-0.4, -0.2) is 15.5 Å². The van der Waals surface area contributed by atoms with Crippen LogP contribution in [-0.2, 0) is 13.1 Å². The standard InChI is InChI=1S/C27H21Cl2N3OS2/c1-17-22(26(33)30-14-20-8-5-11-34-20)13-25(32(17)15-18-6-4-7-19(28)12-18)24-16-35-27(31-24)21-9-2-3-10-23(21)29/h2-13,16H,14-15H2,1H3,(H,30,33). The highest BCUT2D eigenvalue weighted by Gasteiger charge is 2.21. The summed E-state index contributed by atoms with van der Waals surface area (Å²) < 4.78 is 2.12. The number of hydrogen-bond donors (Lipinski definition) is 1. The Morgan fingerprint density at radius 3 is 2.66 bits per heavy atom. The number of amides is 1. The highest BCUT2D eigenvalue weighted by molar-refractivity contribution is 7.13. The third-order valence-corrected chi connectivity index (χ3v) is 8.03. The van der Waals surface area contributed by atoms with E-state index in [1.807, 2.05) is 84.4 Å². The highest BCUT2D eigenvalue weighted by Crippen LogP contribution is 2.35. The minimum Gasteiger partial charge on any atom is -0.347 e. The van der Waals surface area contributed by atoms with E-state index in [9.17, 15) is 4.79 Å². The maximum atomic E-state index is 13.2. The molecule has 1 N–H and O–H groups in total. The summed E-state index contributed by atoms with van der Waals surface area (Å²) in [5.74, 6) is -0.108. The van der Waals surface area contributed by atoms with Gasteiger partial charge >= 0.3 is 0 Å². The van der Waals surface area contributed by atoms with E-state index >= 15 is 0 Å². The van der Waals surface area contributed by atoms with E-state index in [2.05, 4.69) is 9.88 Å². The summed E-state index contributed by atoms with van der Waals surface area (Å²) in [6, 6.07) is 21.4. The first-order valence-electron chi connectivity index (χ1n) is 11.0. The molecule has 1 amide bonds. The summed E-state index contributed by atoms with van der Waals surface area (Å²) >= 11 is 15.8. The molecule has 0 spiro atoms. The molecular formula is C27H21Cl2N3OS2. The van der Waals surface area contributed by atoms with Crippen LogP contribution in [0.3, 0.4) is 0 Å². The number of halogens is 2. The summed E-state index contributed by atoms with van der Waals surface area (Å²) in [6.45, 7) is 3.03. The lowest BCUT2D eigenvalue weighted by molar-refractivity contribution is 0.0950. The second-order valence-electron chi connectivity index (χ2n) is 8.02. The molecule has 5 aromatic rings. The predicted octanol–water partition coefficient (Wildman–Crippen LogP) is 7.93. The molecule has 4 nitrogen and oxygen atoms in total. The normalized spacial score (nSPS) is 11.1. The monoisotopic (exact) mass is 537 g/mol. The van der Waals surface area contributed by atoms with Crippen molar-refractivity contribution < 1.29 is 4.79 Å². The van der Waals surface area contributed by atoms with Crippen LogP contribution in [0.1, 0.15) is 26.5 Å². The Bertz CT molecular complexity index is 1490. The summed E-state index contributed by atoms with van der Waals surface area (Å²) in [7, 11) is 0. The number of nitrogens with one attached hydrogen (secondary N) is 1. The molecule has 5 rings (SSSR count). The van der Waals surface area contributed by atoms with Crippen LogP contribution in [0.15, 0.2) is 77.5 Å². The van der Waals surface area contributed by atoms with E-state index in [0.717, 1.165) is 38.1 Å². The Labute approximate surface area is 221 Å². The summed E-state index contributed by atoms with van der Waals surface area (Å²) in [5, 5.41) is 9.24. The molecule has 0 saturated carbocycles. The van der Waals surface area contributed by atoms with Crippen LogP contribution in [0, 0.1) is 6.92 Å². The van der Waals surface area contributed by atoms with E-state index in [0.29, 0.717) is 28.7 Å². The first-order valence-corrected chi connectivity index (χ1v) is 13.5. The number of aromatic nitrogens is 2. The molecule has 0 saturated heterocycles. The lowest BCUT2D eigenvalue weighted by Crippen LogP contribution is -2.23. The molecule has 0 bridgehead atoms. The van der Waals surface area contributed by atoms with E-state index in [1.54, 1.807) is 11.3 Å². The van der Waals surface area contributed by atoms with Gasteiger partial charge in [-0.05, 0) is 48.2 Å². The molecule has 3 aromatic heterocycles. The van der Waals surface area contributed by atoms with Crippen LogP contribution in [0.4, 0.5) is 0 Å². The van der Waals surface area contributed by atoms with Crippen LogP contribution < -0.4 is 5.32 Å². The molecule has 0 aliphatic carbocycles. The van der Waals surface area contributed by atoms with Gasteiger partial charge in [-0.3, -0.25) is 4.79 Å². The second kappa shape index (κ2) is 10.4. The lowest BCUT2D eigenvalue weighted by atomic mass is 10.2. The van der Waals surface area contributed by atoms with E-state index in [1.165, 1.54) is 11.3 Å². The van der Waals surface area contributed by atoms with Gasteiger partial charge in [-0.25, -0.2) is 4.98 Å². The Morgan fingerprint density at radius 1 is 1.03 bits per heavy atom. The zero-order valence-electron chi connectivity index (χ0n) is 18.8. The van der Waals surface area contributed by atoms with Crippen molar-refractivity contribution in [3.05, 3.63) is 109 Å². The van der Waals surface area contributed by atoms with Crippen molar-refractivity contribution in [2.75, 3.05) is 0 Å². The van der Waals surface area contributed by atoms with Gasteiger partial charge in [0.25, 0.3) is 5.91 Å². The van der Waals surface area contributed by atoms with Crippen molar-refractivity contribution in [3.63, 3.8) is 0 Å². The number of hydrogen-bond acceptors (Lipinski definition) is 4. The number of carbonyl (C=O) groups is 1. The van der Waals surface area contributed by atoms with Gasteiger partial charge in [0.2, 0.25) is 0 Å². The molecule has 176 valence electrons. The molecule has 0 unspecified atom stereocenters. The van der Waals surface area contributed by atoms with Crippen LogP contribution in [0.5, 0.6) is 0 Å². The first kappa shape index (κ1) is 23.8. The molecule has 0 atom stereocenters. The van der Waals surface area contributed by atoms with Gasteiger partial charge in [0.1, 0.15) is 5.01 Å². The number of thiazole rings is 1. The van der Waals surface area contributed by atoms with Crippen LogP contribution in [0.25, 0.3) is 22.0 Å². The van der Waals surface area contributed by atoms with E-state index < -0.39 is 0 Å². The van der Waals surface area contributed by atoms with Gasteiger partial charge in [-0.15, -0.1) is 22.7 Å². The molecule has 0 radical (unpaired) electrons. The molecule has 2 aromatic carbocycles. The van der Waals surface area contributed by atoms with E-state index in [4.69, 9.17) is 28.2 Å². The topological polar surface area (TPSA) is 46.9 Å². The van der Waals surface area contributed by atoms with Gasteiger partial charge in [-0.2, -0.15) is 0 Å². The second-order valence-corrected chi connectivity index (χ2v) is 10.8. The Hall–Kier alpha value is -2.90. The lowest BCUT2D eigenvalue weighted by Gasteiger charge is -2.12. The smallest absolute Gasteiger partial charge is 0.253 e. The Kier molecular flexibility index (Phi) is 7.07. The Morgan fingerprint density at radius 2 is 1.89 bits per heavy atom. The van der Waals surface area contributed by atoms with Crippen LogP contribution >= 0.6 is 45.9 Å². The van der Waals surface area contributed by atoms with Crippen molar-refractivity contribution in [1.29, 1.82) is 0 Å². The minimum absolute atomic E-state index is 0.108. The van der Waals surface area contributed by atoms with Crippen molar-refractivity contribution in [1.82, 2.24) is 14.9 Å². The fourth-order valence-corrected chi connectivity index (χ4v) is 5.93. The maximum Gasteiger partial charge on any atom is 0.253 e. The number of nitrogens with zero attached hydrogens (tertiary/aromatic N) is 2. The SMILES string of the molecule is Cc1c(C(=O)NCc2cccs2)cc(-c2csc(-c3ccccc3Cl)n2)n1Cc1cccc(Cl)c1. The molecule has 0 aliphatic heterocycles. The molecule has 0 aliphatic rings. The van der Waals surface area contributed by atoms with Crippen molar-refractivity contribution >= 4 is 51.8 Å². The quantitative estimate of drug-likeness (QED) is 0.229. The molecule has 0 fully saturated rings. The van der Waals surface area contributed by atoms with Crippen LogP contribution in [0.2, 0.25) is 10.0 Å². The van der Waals surface area contributed by atoms with Crippen molar-refractivity contribution in [3.8, 4) is 22.0 Å². The highest BCUT2D eigenvalue weighted by atomic mass is 35.5.